The first-order valence-corrected chi connectivity index (χ1v) is 9.08. The van der Waals surface area contributed by atoms with E-state index in [1.54, 1.807) is 0 Å². The minimum atomic E-state index is -0.386. The van der Waals surface area contributed by atoms with E-state index in [9.17, 15) is 4.79 Å². The van der Waals surface area contributed by atoms with E-state index in [4.69, 9.17) is 10.00 Å². The van der Waals surface area contributed by atoms with Crippen molar-refractivity contribution < 1.29 is 9.53 Å². The Morgan fingerprint density at radius 2 is 2.12 bits per heavy atom. The monoisotopic (exact) mass is 329 g/mol. The summed E-state index contributed by atoms with van der Waals surface area (Å²) in [6, 6.07) is 2.07. The van der Waals surface area contributed by atoms with Crippen molar-refractivity contribution >= 4 is 5.97 Å². The molecule has 2 aliphatic rings. The molecule has 2 rings (SSSR count). The summed E-state index contributed by atoms with van der Waals surface area (Å²) in [5, 5.41) is 8.96. The zero-order chi connectivity index (χ0) is 18.0. The molecule has 0 aromatic rings. The molecule has 24 heavy (non-hydrogen) atoms. The number of methoxy groups -OCH3 is 1. The topological polar surface area (TPSA) is 50.1 Å². The van der Waals surface area contributed by atoms with Crippen molar-refractivity contribution in [1.82, 2.24) is 0 Å². The Labute approximate surface area is 146 Å². The fraction of sp³-hybridized carbons (Fsp3) is 0.714. The number of carbonyl (C=O) groups is 1. The molecule has 3 atom stereocenters. The Balaban J connectivity index is 2.28. The third kappa shape index (κ3) is 3.43. The molecular weight excluding hydrogens is 298 g/mol. The lowest BCUT2D eigenvalue weighted by Crippen LogP contribution is -2.49. The Kier molecular flexibility index (Phi) is 5.58. The highest BCUT2D eigenvalue weighted by Gasteiger charge is 2.52. The molecule has 2 aliphatic carbocycles. The summed E-state index contributed by atoms with van der Waals surface area (Å²) in [5.41, 5.74) is 2.40. The highest BCUT2D eigenvalue weighted by Crippen LogP contribution is 2.61. The van der Waals surface area contributed by atoms with Crippen molar-refractivity contribution in [2.45, 2.75) is 65.7 Å². The molecular formula is C21H31NO2. The van der Waals surface area contributed by atoms with Crippen LogP contribution in [0.2, 0.25) is 0 Å². The van der Waals surface area contributed by atoms with Crippen LogP contribution in [0, 0.1) is 34.0 Å². The molecule has 3 heteroatoms. The van der Waals surface area contributed by atoms with Gasteiger partial charge in [-0.25, -0.2) is 4.79 Å². The van der Waals surface area contributed by atoms with Crippen LogP contribution in [0.15, 0.2) is 23.8 Å². The number of rotatable bonds is 4. The molecule has 2 saturated carbocycles. The summed E-state index contributed by atoms with van der Waals surface area (Å²) in [7, 11) is 1.37. The lowest BCUT2D eigenvalue weighted by atomic mass is 9.47. The first-order valence-electron chi connectivity index (χ1n) is 9.08. The van der Waals surface area contributed by atoms with E-state index in [0.29, 0.717) is 22.8 Å². The van der Waals surface area contributed by atoms with Gasteiger partial charge in [0.2, 0.25) is 0 Å². The molecule has 0 radical (unpaired) electrons. The van der Waals surface area contributed by atoms with Crippen LogP contribution in [-0.4, -0.2) is 13.1 Å². The number of hydrogen-bond donors (Lipinski definition) is 0. The number of allylic oxidation sites excluding steroid dienone is 2. The summed E-state index contributed by atoms with van der Waals surface area (Å²) in [6.07, 6.45) is 8.91. The third-order valence-electron chi connectivity index (χ3n) is 6.64. The minimum Gasteiger partial charge on any atom is -0.466 e. The van der Waals surface area contributed by atoms with Crippen LogP contribution in [-0.2, 0) is 9.53 Å². The number of carbonyl (C=O) groups excluding carboxylic acids is 1. The van der Waals surface area contributed by atoms with Crippen LogP contribution >= 0.6 is 0 Å². The van der Waals surface area contributed by atoms with E-state index in [0.717, 1.165) is 12.8 Å². The fourth-order valence-corrected chi connectivity index (χ4v) is 5.41. The van der Waals surface area contributed by atoms with Gasteiger partial charge >= 0.3 is 5.97 Å². The van der Waals surface area contributed by atoms with Gasteiger partial charge in [-0.3, -0.25) is 0 Å². The molecule has 0 saturated heterocycles. The van der Waals surface area contributed by atoms with Crippen LogP contribution in [0.5, 0.6) is 0 Å². The molecule has 0 amide bonds. The molecule has 2 fully saturated rings. The second-order valence-corrected chi connectivity index (χ2v) is 8.44. The average molecular weight is 329 g/mol. The van der Waals surface area contributed by atoms with E-state index in [1.807, 2.05) is 6.08 Å². The second kappa shape index (κ2) is 7.13. The van der Waals surface area contributed by atoms with Crippen molar-refractivity contribution in [2.24, 2.45) is 22.7 Å². The SMILES string of the molecule is C=C1CCC2C(C)(C)CCCC2(C)C1CC=C(CC#N)C(=O)OC. The molecule has 0 aliphatic heterocycles. The number of esters is 1. The van der Waals surface area contributed by atoms with Gasteiger partial charge in [0.1, 0.15) is 0 Å². The number of hydrogen-bond acceptors (Lipinski definition) is 3. The number of nitriles is 1. The van der Waals surface area contributed by atoms with E-state index < -0.39 is 0 Å². The Hall–Kier alpha value is -1.56. The summed E-state index contributed by atoms with van der Waals surface area (Å²) < 4.78 is 4.82. The van der Waals surface area contributed by atoms with Gasteiger partial charge in [0.25, 0.3) is 0 Å². The van der Waals surface area contributed by atoms with E-state index >= 15 is 0 Å². The largest absolute Gasteiger partial charge is 0.466 e. The molecule has 0 heterocycles. The van der Waals surface area contributed by atoms with Crippen LogP contribution in [0.3, 0.4) is 0 Å². The molecule has 0 spiro atoms. The van der Waals surface area contributed by atoms with Crippen molar-refractivity contribution in [3.63, 3.8) is 0 Å². The molecule has 132 valence electrons. The fourth-order valence-electron chi connectivity index (χ4n) is 5.41. The van der Waals surface area contributed by atoms with Crippen LogP contribution in [0.1, 0.15) is 65.7 Å². The maximum Gasteiger partial charge on any atom is 0.334 e. The zero-order valence-electron chi connectivity index (χ0n) is 15.7. The van der Waals surface area contributed by atoms with Gasteiger partial charge in [0, 0.05) is 5.57 Å². The van der Waals surface area contributed by atoms with Gasteiger partial charge < -0.3 is 4.74 Å². The second-order valence-electron chi connectivity index (χ2n) is 8.44. The summed E-state index contributed by atoms with van der Waals surface area (Å²) in [5.74, 6) is 0.693. The first-order chi connectivity index (χ1) is 11.3. The predicted octanol–water partition coefficient (Wildman–Crippen LogP) is 5.19. The lowest BCUT2D eigenvalue weighted by molar-refractivity contribution is -0.136. The Bertz CT molecular complexity index is 581. The Morgan fingerprint density at radius 1 is 1.42 bits per heavy atom. The maximum absolute atomic E-state index is 11.9. The number of fused-ring (bicyclic) bond motifs is 1. The van der Waals surface area contributed by atoms with Gasteiger partial charge in [-0.05, 0) is 54.8 Å². The standard InChI is InChI=1S/C21H31NO2/c1-15-7-10-18-20(2,3)12-6-13-21(18,4)17(15)9-8-16(11-14-22)19(23)24-5/h8,17-18H,1,6-7,9-13H2,2-5H3. The Morgan fingerprint density at radius 3 is 2.75 bits per heavy atom. The molecule has 0 aromatic carbocycles. The highest BCUT2D eigenvalue weighted by atomic mass is 16.5. The third-order valence-corrected chi connectivity index (χ3v) is 6.64. The van der Waals surface area contributed by atoms with Crippen LogP contribution in [0.25, 0.3) is 0 Å². The smallest absolute Gasteiger partial charge is 0.334 e. The summed E-state index contributed by atoms with van der Waals surface area (Å²) >= 11 is 0. The molecule has 0 bridgehead atoms. The van der Waals surface area contributed by atoms with Crippen molar-refractivity contribution in [3.8, 4) is 6.07 Å². The number of ether oxygens (including phenoxy) is 1. The highest BCUT2D eigenvalue weighted by molar-refractivity contribution is 5.88. The zero-order valence-corrected chi connectivity index (χ0v) is 15.7. The predicted molar refractivity (Wildman–Crippen MR) is 96.0 cm³/mol. The van der Waals surface area contributed by atoms with Crippen molar-refractivity contribution in [3.05, 3.63) is 23.8 Å². The van der Waals surface area contributed by atoms with Crippen molar-refractivity contribution in [1.29, 1.82) is 5.26 Å². The number of nitrogens with zero attached hydrogens (tertiary/aromatic N) is 1. The minimum absolute atomic E-state index is 0.109. The van der Waals surface area contributed by atoms with E-state index in [-0.39, 0.29) is 17.8 Å². The van der Waals surface area contributed by atoms with Gasteiger partial charge in [-0.15, -0.1) is 0 Å². The molecule has 3 unspecified atom stereocenters. The van der Waals surface area contributed by atoms with Crippen molar-refractivity contribution in [2.75, 3.05) is 7.11 Å². The van der Waals surface area contributed by atoms with Crippen LogP contribution < -0.4 is 0 Å². The lowest BCUT2D eigenvalue weighted by Gasteiger charge is -2.58. The molecule has 0 aromatic heterocycles. The molecule has 0 N–H and O–H groups in total. The van der Waals surface area contributed by atoms with Gasteiger partial charge in [0.05, 0.1) is 19.6 Å². The van der Waals surface area contributed by atoms with Gasteiger partial charge in [0.15, 0.2) is 0 Å². The molecule has 3 nitrogen and oxygen atoms in total. The van der Waals surface area contributed by atoms with Gasteiger partial charge in [-0.2, -0.15) is 5.26 Å². The first kappa shape index (κ1) is 18.8. The normalized spacial score (nSPS) is 32.6. The van der Waals surface area contributed by atoms with E-state index in [1.165, 1.54) is 38.4 Å². The van der Waals surface area contributed by atoms with Crippen LogP contribution in [0.4, 0.5) is 0 Å². The maximum atomic E-state index is 11.9. The summed E-state index contributed by atoms with van der Waals surface area (Å²) in [6.45, 7) is 11.6. The summed E-state index contributed by atoms with van der Waals surface area (Å²) in [4.78, 5) is 11.9. The average Bonchev–Trinajstić information content (AvgIpc) is 2.51. The van der Waals surface area contributed by atoms with Gasteiger partial charge in [-0.1, -0.05) is 45.4 Å². The quantitative estimate of drug-likeness (QED) is 0.405. The van der Waals surface area contributed by atoms with E-state index in [2.05, 4.69) is 33.4 Å².